The Morgan fingerprint density at radius 2 is 2.28 bits per heavy atom. The Morgan fingerprint density at radius 3 is 2.83 bits per heavy atom. The van der Waals surface area contributed by atoms with Crippen molar-refractivity contribution in [3.8, 4) is 5.75 Å². The number of ether oxygens (including phenoxy) is 1. The number of hydrogen-bond donors (Lipinski definition) is 1. The van der Waals surface area contributed by atoms with Crippen LogP contribution in [0, 0.1) is 5.82 Å². The molecule has 0 spiro atoms. The lowest BCUT2D eigenvalue weighted by Gasteiger charge is -2.21. The van der Waals surface area contributed by atoms with Gasteiger partial charge in [0.2, 0.25) is 0 Å². The van der Waals surface area contributed by atoms with E-state index < -0.39 is 5.82 Å². The van der Waals surface area contributed by atoms with Crippen molar-refractivity contribution in [1.29, 1.82) is 0 Å². The van der Waals surface area contributed by atoms with Crippen LogP contribution < -0.4 is 4.74 Å². The third-order valence-electron chi connectivity index (χ3n) is 2.99. The zero-order valence-electron chi connectivity index (χ0n) is 10.2. The van der Waals surface area contributed by atoms with Gasteiger partial charge in [-0.05, 0) is 31.0 Å². The summed E-state index contributed by atoms with van der Waals surface area (Å²) in [7, 11) is 1.36. The number of halogens is 1. The number of carbonyl (C=O) groups excluding carboxylic acids is 1. The van der Waals surface area contributed by atoms with Crippen LogP contribution in [-0.4, -0.2) is 42.2 Å². The van der Waals surface area contributed by atoms with Crippen LogP contribution in [-0.2, 0) is 0 Å². The van der Waals surface area contributed by atoms with Crippen molar-refractivity contribution < 1.29 is 19.0 Å². The van der Waals surface area contributed by atoms with Gasteiger partial charge in [-0.2, -0.15) is 0 Å². The van der Waals surface area contributed by atoms with Gasteiger partial charge >= 0.3 is 0 Å². The Kier molecular flexibility index (Phi) is 3.81. The second kappa shape index (κ2) is 5.35. The van der Waals surface area contributed by atoms with Gasteiger partial charge in [-0.3, -0.25) is 4.79 Å². The zero-order chi connectivity index (χ0) is 13.1. The summed E-state index contributed by atoms with van der Waals surface area (Å²) in [6.07, 6.45) is 1.92. The number of aliphatic hydroxyl groups is 1. The molecule has 5 heteroatoms. The first-order valence-electron chi connectivity index (χ1n) is 5.92. The maximum Gasteiger partial charge on any atom is 0.254 e. The minimum absolute atomic E-state index is 0.0561. The van der Waals surface area contributed by atoms with E-state index in [9.17, 15) is 9.18 Å². The third kappa shape index (κ3) is 2.61. The summed E-state index contributed by atoms with van der Waals surface area (Å²) in [6, 6.07) is 4.26. The van der Waals surface area contributed by atoms with Gasteiger partial charge < -0.3 is 14.7 Å². The molecular formula is C13H16FNO3. The predicted octanol–water partition coefficient (Wildman–Crippen LogP) is 1.43. The highest BCUT2D eigenvalue weighted by Gasteiger charge is 2.32. The summed E-state index contributed by atoms with van der Waals surface area (Å²) in [5, 5.41) is 8.98. The molecule has 1 saturated carbocycles. The molecule has 1 aliphatic rings. The van der Waals surface area contributed by atoms with E-state index in [1.54, 1.807) is 4.90 Å². The van der Waals surface area contributed by atoms with Gasteiger partial charge in [-0.25, -0.2) is 4.39 Å². The lowest BCUT2D eigenvalue weighted by Crippen LogP contribution is -2.35. The predicted molar refractivity (Wildman–Crippen MR) is 64.1 cm³/mol. The molecular weight excluding hydrogens is 237 g/mol. The Bertz CT molecular complexity index is 446. The Labute approximate surface area is 105 Å². The minimum atomic E-state index is -0.491. The quantitative estimate of drug-likeness (QED) is 0.863. The molecule has 0 radical (unpaired) electrons. The minimum Gasteiger partial charge on any atom is -0.494 e. The maximum absolute atomic E-state index is 13.3. The van der Waals surface area contributed by atoms with Crippen LogP contribution in [0.4, 0.5) is 4.39 Å². The van der Waals surface area contributed by atoms with E-state index in [0.29, 0.717) is 12.1 Å². The van der Waals surface area contributed by atoms with E-state index in [0.717, 1.165) is 12.8 Å². The first-order valence-corrected chi connectivity index (χ1v) is 5.92. The molecule has 98 valence electrons. The Balaban J connectivity index is 2.21. The normalized spacial score (nSPS) is 14.4. The van der Waals surface area contributed by atoms with E-state index in [4.69, 9.17) is 9.84 Å². The molecule has 1 aromatic rings. The Morgan fingerprint density at radius 1 is 1.56 bits per heavy atom. The van der Waals surface area contributed by atoms with Gasteiger partial charge in [-0.1, -0.05) is 0 Å². The molecule has 2 rings (SSSR count). The highest BCUT2D eigenvalue weighted by Crippen LogP contribution is 2.29. The molecule has 1 aromatic carbocycles. The highest BCUT2D eigenvalue weighted by molar-refractivity contribution is 5.95. The zero-order valence-corrected chi connectivity index (χ0v) is 10.2. The first-order chi connectivity index (χ1) is 8.67. The fourth-order valence-electron chi connectivity index (χ4n) is 1.90. The van der Waals surface area contributed by atoms with E-state index in [-0.39, 0.29) is 24.3 Å². The van der Waals surface area contributed by atoms with Gasteiger partial charge in [0.1, 0.15) is 0 Å². The van der Waals surface area contributed by atoms with Crippen molar-refractivity contribution in [2.24, 2.45) is 0 Å². The molecule has 1 N–H and O–H groups in total. The number of methoxy groups -OCH3 is 1. The first kappa shape index (κ1) is 12.8. The van der Waals surface area contributed by atoms with E-state index in [2.05, 4.69) is 0 Å². The Hall–Kier alpha value is -1.62. The fraction of sp³-hybridized carbons (Fsp3) is 0.462. The van der Waals surface area contributed by atoms with Gasteiger partial charge in [0.05, 0.1) is 13.7 Å². The molecule has 1 fully saturated rings. The number of rotatable bonds is 5. The lowest BCUT2D eigenvalue weighted by molar-refractivity contribution is 0.0707. The summed E-state index contributed by atoms with van der Waals surface area (Å²) in [5.41, 5.74) is 0.383. The second-order valence-electron chi connectivity index (χ2n) is 4.30. The van der Waals surface area contributed by atoms with Crippen molar-refractivity contribution in [3.63, 3.8) is 0 Å². The third-order valence-corrected chi connectivity index (χ3v) is 2.99. The van der Waals surface area contributed by atoms with Crippen LogP contribution in [0.15, 0.2) is 18.2 Å². The maximum atomic E-state index is 13.3. The van der Waals surface area contributed by atoms with Gasteiger partial charge in [-0.15, -0.1) is 0 Å². The molecule has 0 atom stereocenters. The largest absolute Gasteiger partial charge is 0.494 e. The molecule has 4 nitrogen and oxygen atoms in total. The number of hydrogen-bond acceptors (Lipinski definition) is 3. The van der Waals surface area contributed by atoms with Crippen LogP contribution in [0.2, 0.25) is 0 Å². The molecule has 0 bridgehead atoms. The molecule has 1 amide bonds. The number of benzene rings is 1. The smallest absolute Gasteiger partial charge is 0.254 e. The monoisotopic (exact) mass is 253 g/mol. The van der Waals surface area contributed by atoms with Crippen molar-refractivity contribution in [2.45, 2.75) is 18.9 Å². The molecule has 0 heterocycles. The van der Waals surface area contributed by atoms with Crippen molar-refractivity contribution in [2.75, 3.05) is 20.3 Å². The van der Waals surface area contributed by atoms with E-state index >= 15 is 0 Å². The number of aliphatic hydroxyl groups excluding tert-OH is 1. The van der Waals surface area contributed by atoms with Crippen LogP contribution in [0.25, 0.3) is 0 Å². The van der Waals surface area contributed by atoms with Gasteiger partial charge in [0, 0.05) is 18.2 Å². The second-order valence-corrected chi connectivity index (χ2v) is 4.30. The van der Waals surface area contributed by atoms with Crippen LogP contribution in [0.1, 0.15) is 23.2 Å². The van der Waals surface area contributed by atoms with Gasteiger partial charge in [0.25, 0.3) is 5.91 Å². The van der Waals surface area contributed by atoms with Crippen LogP contribution in [0.3, 0.4) is 0 Å². The van der Waals surface area contributed by atoms with Crippen molar-refractivity contribution in [3.05, 3.63) is 29.6 Å². The van der Waals surface area contributed by atoms with Crippen LogP contribution in [0.5, 0.6) is 5.75 Å². The topological polar surface area (TPSA) is 49.8 Å². The molecule has 0 aliphatic heterocycles. The SMILES string of the molecule is COc1cc(C(=O)N(CCO)C2CC2)ccc1F. The molecule has 0 unspecified atom stereocenters. The highest BCUT2D eigenvalue weighted by atomic mass is 19.1. The van der Waals surface area contributed by atoms with Crippen molar-refractivity contribution in [1.82, 2.24) is 4.90 Å². The standard InChI is InChI=1S/C13H16FNO3/c1-18-12-8-9(2-5-11(12)14)13(17)15(6-7-16)10-3-4-10/h2,5,8,10,16H,3-4,6-7H2,1H3. The summed E-state index contributed by atoms with van der Waals surface area (Å²) < 4.78 is 18.1. The number of nitrogens with zero attached hydrogens (tertiary/aromatic N) is 1. The molecule has 1 aliphatic carbocycles. The number of amides is 1. The van der Waals surface area contributed by atoms with E-state index in [1.807, 2.05) is 0 Å². The summed E-state index contributed by atoms with van der Waals surface area (Å²) in [6.45, 7) is 0.240. The fourth-order valence-corrected chi connectivity index (χ4v) is 1.90. The average molecular weight is 253 g/mol. The van der Waals surface area contributed by atoms with E-state index in [1.165, 1.54) is 25.3 Å². The molecule has 0 aromatic heterocycles. The summed E-state index contributed by atoms with van der Waals surface area (Å²) in [5.74, 6) is -0.625. The lowest BCUT2D eigenvalue weighted by atomic mass is 10.1. The van der Waals surface area contributed by atoms with Crippen molar-refractivity contribution >= 4 is 5.91 Å². The summed E-state index contributed by atoms with van der Waals surface area (Å²) in [4.78, 5) is 13.9. The molecule has 0 saturated heterocycles. The van der Waals surface area contributed by atoms with Gasteiger partial charge in [0.15, 0.2) is 11.6 Å². The molecule has 18 heavy (non-hydrogen) atoms. The van der Waals surface area contributed by atoms with Crippen LogP contribution >= 0.6 is 0 Å². The average Bonchev–Trinajstić information content (AvgIpc) is 3.20. The summed E-state index contributed by atoms with van der Waals surface area (Å²) >= 11 is 0. The number of carbonyl (C=O) groups is 1.